The molecular weight excluding hydrogens is 342 g/mol. The number of hydrogen-bond acceptors (Lipinski definition) is 6. The quantitative estimate of drug-likeness (QED) is 0.796. The number of piperazine rings is 1. The molecular formula is C17H25N3O4S. The Kier molecular flexibility index (Phi) is 5.48. The molecule has 3 rings (SSSR count). The summed E-state index contributed by atoms with van der Waals surface area (Å²) in [6, 6.07) is 7.75. The highest BCUT2D eigenvalue weighted by Crippen LogP contribution is 2.22. The smallest absolute Gasteiger partial charge is 0.234 e. The minimum Gasteiger partial charge on any atom is -0.497 e. The number of nitrogens with one attached hydrogen (secondary N) is 1. The maximum atomic E-state index is 12.1. The maximum Gasteiger partial charge on any atom is 0.234 e. The van der Waals surface area contributed by atoms with Crippen molar-refractivity contribution in [2.24, 2.45) is 0 Å². The number of hydrogen-bond donors (Lipinski definition) is 1. The number of benzene rings is 1. The van der Waals surface area contributed by atoms with Gasteiger partial charge in [-0.15, -0.1) is 0 Å². The van der Waals surface area contributed by atoms with Gasteiger partial charge in [0.05, 0.1) is 25.2 Å². The first kappa shape index (κ1) is 18.0. The van der Waals surface area contributed by atoms with Gasteiger partial charge in [-0.1, -0.05) is 6.07 Å². The fourth-order valence-corrected chi connectivity index (χ4v) is 5.03. The number of methoxy groups -OCH3 is 1. The number of carbonyl (C=O) groups is 1. The van der Waals surface area contributed by atoms with Crippen molar-refractivity contribution in [3.05, 3.63) is 24.3 Å². The van der Waals surface area contributed by atoms with Crippen molar-refractivity contribution in [1.82, 2.24) is 10.2 Å². The van der Waals surface area contributed by atoms with Gasteiger partial charge in [0.25, 0.3) is 0 Å². The molecule has 138 valence electrons. The number of amides is 1. The van der Waals surface area contributed by atoms with Gasteiger partial charge in [-0.25, -0.2) is 8.42 Å². The Bertz CT molecular complexity index is 714. The molecule has 2 aliphatic heterocycles. The molecule has 1 atom stereocenters. The van der Waals surface area contributed by atoms with Gasteiger partial charge in [-0.3, -0.25) is 9.69 Å². The SMILES string of the molecule is COc1cccc(N2CCN(CC(=O)N[C@@H]3CCS(=O)(=O)C3)CC2)c1. The van der Waals surface area contributed by atoms with Gasteiger partial charge in [0.15, 0.2) is 9.84 Å². The predicted molar refractivity (Wildman–Crippen MR) is 96.8 cm³/mol. The van der Waals surface area contributed by atoms with E-state index in [1.807, 2.05) is 18.2 Å². The highest BCUT2D eigenvalue weighted by Gasteiger charge is 2.29. The third-order valence-electron chi connectivity index (χ3n) is 4.76. The first-order valence-corrected chi connectivity index (χ1v) is 10.4. The molecule has 0 aromatic heterocycles. The van der Waals surface area contributed by atoms with Crippen LogP contribution in [-0.2, 0) is 14.6 Å². The van der Waals surface area contributed by atoms with Gasteiger partial charge in [-0.2, -0.15) is 0 Å². The van der Waals surface area contributed by atoms with Crippen molar-refractivity contribution in [3.63, 3.8) is 0 Å². The van der Waals surface area contributed by atoms with Gasteiger partial charge < -0.3 is 15.0 Å². The number of anilines is 1. The lowest BCUT2D eigenvalue weighted by Gasteiger charge is -2.36. The van der Waals surface area contributed by atoms with Crippen LogP contribution < -0.4 is 15.0 Å². The van der Waals surface area contributed by atoms with Crippen LogP contribution >= 0.6 is 0 Å². The van der Waals surface area contributed by atoms with Gasteiger partial charge in [-0.05, 0) is 18.6 Å². The Morgan fingerprint density at radius 2 is 2.04 bits per heavy atom. The molecule has 0 bridgehead atoms. The highest BCUT2D eigenvalue weighted by molar-refractivity contribution is 7.91. The van der Waals surface area contributed by atoms with Crippen molar-refractivity contribution in [1.29, 1.82) is 0 Å². The second-order valence-corrected chi connectivity index (χ2v) is 8.86. The molecule has 7 nitrogen and oxygen atoms in total. The Morgan fingerprint density at radius 3 is 2.68 bits per heavy atom. The van der Waals surface area contributed by atoms with E-state index in [1.54, 1.807) is 7.11 Å². The van der Waals surface area contributed by atoms with E-state index in [0.717, 1.165) is 37.6 Å². The van der Waals surface area contributed by atoms with Crippen molar-refractivity contribution < 1.29 is 17.9 Å². The fourth-order valence-electron chi connectivity index (χ4n) is 3.36. The van der Waals surface area contributed by atoms with E-state index in [9.17, 15) is 13.2 Å². The number of carbonyl (C=O) groups excluding carboxylic acids is 1. The molecule has 2 fully saturated rings. The van der Waals surface area contributed by atoms with Gasteiger partial charge >= 0.3 is 0 Å². The molecule has 2 heterocycles. The predicted octanol–water partition coefficient (Wildman–Crippen LogP) is 0.121. The van der Waals surface area contributed by atoms with E-state index in [4.69, 9.17) is 4.74 Å². The third kappa shape index (κ3) is 4.85. The van der Waals surface area contributed by atoms with E-state index in [2.05, 4.69) is 21.2 Å². The molecule has 1 N–H and O–H groups in total. The van der Waals surface area contributed by atoms with Gasteiger partial charge in [0, 0.05) is 44.0 Å². The van der Waals surface area contributed by atoms with E-state index in [1.165, 1.54) is 0 Å². The molecule has 8 heteroatoms. The minimum atomic E-state index is -2.96. The molecule has 2 aliphatic rings. The third-order valence-corrected chi connectivity index (χ3v) is 6.52. The molecule has 25 heavy (non-hydrogen) atoms. The number of sulfone groups is 1. The molecule has 1 aromatic rings. The zero-order valence-electron chi connectivity index (χ0n) is 14.5. The Balaban J connectivity index is 1.45. The maximum absolute atomic E-state index is 12.1. The lowest BCUT2D eigenvalue weighted by atomic mass is 10.2. The summed E-state index contributed by atoms with van der Waals surface area (Å²) in [5.41, 5.74) is 1.12. The molecule has 0 radical (unpaired) electrons. The first-order chi connectivity index (χ1) is 11.9. The summed E-state index contributed by atoms with van der Waals surface area (Å²) in [4.78, 5) is 16.5. The van der Waals surface area contributed by atoms with Crippen LogP contribution in [0.5, 0.6) is 5.75 Å². The summed E-state index contributed by atoms with van der Waals surface area (Å²) >= 11 is 0. The van der Waals surface area contributed by atoms with Crippen molar-refractivity contribution in [3.8, 4) is 5.75 Å². The minimum absolute atomic E-state index is 0.0718. The summed E-state index contributed by atoms with van der Waals surface area (Å²) in [5.74, 6) is 1.00. The molecule has 2 saturated heterocycles. The molecule has 0 saturated carbocycles. The van der Waals surface area contributed by atoms with Crippen LogP contribution in [0.15, 0.2) is 24.3 Å². The topological polar surface area (TPSA) is 79.0 Å². The number of ether oxygens (including phenoxy) is 1. The van der Waals surface area contributed by atoms with E-state index < -0.39 is 9.84 Å². The van der Waals surface area contributed by atoms with Gasteiger partial charge in [0.2, 0.25) is 5.91 Å². The Hall–Kier alpha value is -1.80. The Labute approximate surface area is 148 Å². The number of nitrogens with zero attached hydrogens (tertiary/aromatic N) is 2. The second-order valence-electron chi connectivity index (χ2n) is 6.63. The summed E-state index contributed by atoms with van der Waals surface area (Å²) in [7, 11) is -1.31. The van der Waals surface area contributed by atoms with Crippen LogP contribution in [0.4, 0.5) is 5.69 Å². The molecule has 1 aromatic carbocycles. The van der Waals surface area contributed by atoms with Crippen molar-refractivity contribution >= 4 is 21.4 Å². The molecule has 0 unspecified atom stereocenters. The Morgan fingerprint density at radius 1 is 1.28 bits per heavy atom. The fraction of sp³-hybridized carbons (Fsp3) is 0.588. The highest BCUT2D eigenvalue weighted by atomic mass is 32.2. The monoisotopic (exact) mass is 367 g/mol. The average molecular weight is 367 g/mol. The summed E-state index contributed by atoms with van der Waals surface area (Å²) in [6.07, 6.45) is 0.525. The van der Waals surface area contributed by atoms with E-state index in [0.29, 0.717) is 13.0 Å². The lowest BCUT2D eigenvalue weighted by Crippen LogP contribution is -2.50. The standard InChI is InChI=1S/C17H25N3O4S/c1-24-16-4-2-3-15(11-16)20-8-6-19(7-9-20)12-17(21)18-14-5-10-25(22,23)13-14/h2-4,11,14H,5-10,12-13H2,1H3,(H,18,21)/t14-/m1/s1. The molecule has 1 amide bonds. The van der Waals surface area contributed by atoms with Crippen LogP contribution in [0.1, 0.15) is 6.42 Å². The van der Waals surface area contributed by atoms with E-state index in [-0.39, 0.29) is 23.5 Å². The summed E-state index contributed by atoms with van der Waals surface area (Å²) < 4.78 is 28.2. The van der Waals surface area contributed by atoms with Crippen LogP contribution in [0.25, 0.3) is 0 Å². The number of rotatable bonds is 5. The van der Waals surface area contributed by atoms with Crippen molar-refractivity contribution in [2.75, 3.05) is 56.2 Å². The van der Waals surface area contributed by atoms with Crippen LogP contribution in [-0.4, -0.2) is 76.6 Å². The zero-order chi connectivity index (χ0) is 17.9. The van der Waals surface area contributed by atoms with Crippen LogP contribution in [0.3, 0.4) is 0 Å². The average Bonchev–Trinajstić information content (AvgIpc) is 2.94. The van der Waals surface area contributed by atoms with Crippen LogP contribution in [0, 0.1) is 0 Å². The van der Waals surface area contributed by atoms with E-state index >= 15 is 0 Å². The largest absolute Gasteiger partial charge is 0.497 e. The van der Waals surface area contributed by atoms with Gasteiger partial charge in [0.1, 0.15) is 5.75 Å². The lowest BCUT2D eigenvalue weighted by molar-refractivity contribution is -0.122. The molecule has 0 spiro atoms. The van der Waals surface area contributed by atoms with Crippen LogP contribution in [0.2, 0.25) is 0 Å². The van der Waals surface area contributed by atoms with Crippen molar-refractivity contribution in [2.45, 2.75) is 12.5 Å². The first-order valence-electron chi connectivity index (χ1n) is 8.56. The second kappa shape index (κ2) is 7.61. The molecule has 0 aliphatic carbocycles. The summed E-state index contributed by atoms with van der Waals surface area (Å²) in [6.45, 7) is 3.61. The zero-order valence-corrected chi connectivity index (χ0v) is 15.3. The summed E-state index contributed by atoms with van der Waals surface area (Å²) in [5, 5.41) is 2.85. The normalized spacial score (nSPS) is 23.4.